The van der Waals surface area contributed by atoms with Crippen molar-refractivity contribution in [1.29, 1.82) is 0 Å². The average molecular weight is 497 g/mol. The summed E-state index contributed by atoms with van der Waals surface area (Å²) in [6.45, 7) is 3.75. The molecule has 2 heterocycles. The van der Waals surface area contributed by atoms with Gasteiger partial charge in [0.25, 0.3) is 11.5 Å². The van der Waals surface area contributed by atoms with Crippen LogP contribution < -0.4 is 21.1 Å². The maximum absolute atomic E-state index is 12.9. The number of aryl methyl sites for hydroxylation is 1. The highest BCUT2D eigenvalue weighted by Crippen LogP contribution is 2.39. The minimum Gasteiger partial charge on any atom is -0.490 e. The highest BCUT2D eigenvalue weighted by molar-refractivity contribution is 6.03. The molecule has 36 heavy (non-hydrogen) atoms. The smallest absolute Gasteiger partial charge is 0.274 e. The van der Waals surface area contributed by atoms with Crippen molar-refractivity contribution in [1.82, 2.24) is 20.3 Å². The molecule has 2 aromatic heterocycles. The Labute approximate surface area is 208 Å². The number of ether oxygens (including phenoxy) is 1. The summed E-state index contributed by atoms with van der Waals surface area (Å²) in [5.41, 5.74) is 2.91. The van der Waals surface area contributed by atoms with Crippen molar-refractivity contribution in [2.24, 2.45) is 7.05 Å². The number of aromatic amines is 1. The molecule has 1 aliphatic carbocycles. The highest BCUT2D eigenvalue weighted by atomic mass is 16.5. The second-order valence-electron chi connectivity index (χ2n) is 9.77. The number of carbonyl (C=O) groups is 2. The third-order valence-corrected chi connectivity index (χ3v) is 6.24. The maximum atomic E-state index is 12.9. The molecule has 1 fully saturated rings. The van der Waals surface area contributed by atoms with Gasteiger partial charge in [0, 0.05) is 42.7 Å². The Bertz CT molecular complexity index is 1350. The molecule has 5 N–H and O–H groups in total. The van der Waals surface area contributed by atoms with Crippen molar-refractivity contribution in [3.05, 3.63) is 52.1 Å². The van der Waals surface area contributed by atoms with E-state index in [1.807, 2.05) is 18.2 Å². The molecule has 4 rings (SSSR count). The van der Waals surface area contributed by atoms with Crippen LogP contribution in [0, 0.1) is 0 Å². The van der Waals surface area contributed by atoms with Gasteiger partial charge in [-0.15, -0.1) is 0 Å². The van der Waals surface area contributed by atoms with E-state index in [1.165, 1.54) is 4.57 Å². The minimum absolute atomic E-state index is 0.149. The number of unbranched alkanes of at least 4 members (excludes halogenated alkanes) is 1. The molecular weight excluding hydrogens is 464 g/mol. The average Bonchev–Trinajstić information content (AvgIpc) is 3.54. The first kappa shape index (κ1) is 25.5. The van der Waals surface area contributed by atoms with E-state index in [0.29, 0.717) is 47.2 Å². The standard InChI is InChI=1S/C26H32N4O6/c1-26(2,34)15-7-10-21(36-16-8-9-16)17(12-15)19-14-30(3)25(33)23-18(19)13-20(28-23)24(32)27-11-5-4-6-22(31)29-35/h7,10,12-14,16,28,34-35H,4-6,8-9,11H2,1-3H3,(H,27,32)(H,29,31). The first-order chi connectivity index (χ1) is 17.1. The van der Waals surface area contributed by atoms with Crippen LogP contribution in [0.15, 0.2) is 35.3 Å². The number of rotatable bonds is 10. The zero-order valence-electron chi connectivity index (χ0n) is 20.7. The number of aromatic nitrogens is 2. The van der Waals surface area contributed by atoms with Gasteiger partial charge in [-0.2, -0.15) is 0 Å². The number of carbonyl (C=O) groups excluding carboxylic acids is 2. The minimum atomic E-state index is -1.08. The Morgan fingerprint density at radius 1 is 1.19 bits per heavy atom. The molecule has 0 spiro atoms. The Balaban J connectivity index is 1.68. The van der Waals surface area contributed by atoms with Crippen molar-refractivity contribution in [2.75, 3.05) is 6.54 Å². The molecule has 0 radical (unpaired) electrons. The quantitative estimate of drug-likeness (QED) is 0.166. The van der Waals surface area contributed by atoms with Crippen molar-refractivity contribution in [3.8, 4) is 16.9 Å². The van der Waals surface area contributed by atoms with Gasteiger partial charge in [0.15, 0.2) is 0 Å². The molecule has 0 unspecified atom stereocenters. The number of H-pyrrole nitrogens is 1. The number of hydroxylamine groups is 1. The van der Waals surface area contributed by atoms with Gasteiger partial charge in [0.1, 0.15) is 17.0 Å². The molecular formula is C26H32N4O6. The molecule has 0 aliphatic heterocycles. The van der Waals surface area contributed by atoms with E-state index in [9.17, 15) is 19.5 Å². The van der Waals surface area contributed by atoms with Gasteiger partial charge >= 0.3 is 0 Å². The van der Waals surface area contributed by atoms with E-state index >= 15 is 0 Å². The second kappa shape index (κ2) is 10.2. The van der Waals surface area contributed by atoms with Gasteiger partial charge in [-0.05, 0) is 63.3 Å². The lowest BCUT2D eigenvalue weighted by atomic mass is 9.93. The van der Waals surface area contributed by atoms with Crippen LogP contribution in [0.3, 0.4) is 0 Å². The summed E-state index contributed by atoms with van der Waals surface area (Å²) in [7, 11) is 1.65. The number of fused-ring (bicyclic) bond motifs is 1. The van der Waals surface area contributed by atoms with Gasteiger partial charge in [0.05, 0.1) is 11.7 Å². The third kappa shape index (κ3) is 5.60. The molecule has 0 atom stereocenters. The molecule has 10 nitrogen and oxygen atoms in total. The Hall–Kier alpha value is -3.63. The molecule has 3 aromatic rings. The van der Waals surface area contributed by atoms with E-state index in [1.54, 1.807) is 38.6 Å². The normalized spacial score (nSPS) is 13.6. The van der Waals surface area contributed by atoms with Gasteiger partial charge in [-0.25, -0.2) is 5.48 Å². The molecule has 192 valence electrons. The molecule has 1 aliphatic rings. The summed E-state index contributed by atoms with van der Waals surface area (Å²) in [6.07, 6.45) is 5.05. The highest BCUT2D eigenvalue weighted by Gasteiger charge is 2.27. The second-order valence-corrected chi connectivity index (χ2v) is 9.77. The summed E-state index contributed by atoms with van der Waals surface area (Å²) >= 11 is 0. The first-order valence-electron chi connectivity index (χ1n) is 12.1. The van der Waals surface area contributed by atoms with Crippen LogP contribution in [0.2, 0.25) is 0 Å². The number of nitrogens with one attached hydrogen (secondary N) is 3. The first-order valence-corrected chi connectivity index (χ1v) is 12.1. The van der Waals surface area contributed by atoms with Crippen molar-refractivity contribution >= 4 is 22.7 Å². The lowest BCUT2D eigenvalue weighted by Crippen LogP contribution is -2.25. The maximum Gasteiger partial charge on any atom is 0.274 e. The summed E-state index contributed by atoms with van der Waals surface area (Å²) in [5, 5.41) is 22.5. The number of nitrogens with zero attached hydrogens (tertiary/aromatic N) is 1. The molecule has 1 saturated carbocycles. The number of benzene rings is 1. The van der Waals surface area contributed by atoms with E-state index < -0.39 is 11.5 Å². The topological polar surface area (TPSA) is 146 Å². The molecule has 0 bridgehead atoms. The van der Waals surface area contributed by atoms with Crippen molar-refractivity contribution in [3.63, 3.8) is 0 Å². The van der Waals surface area contributed by atoms with Crippen molar-refractivity contribution < 1.29 is 24.6 Å². The summed E-state index contributed by atoms with van der Waals surface area (Å²) in [6, 6.07) is 7.19. The van der Waals surface area contributed by atoms with Crippen LogP contribution in [-0.2, 0) is 17.4 Å². The Kier molecular flexibility index (Phi) is 7.18. The third-order valence-electron chi connectivity index (χ3n) is 6.24. The fourth-order valence-electron chi connectivity index (χ4n) is 4.02. The van der Waals surface area contributed by atoms with Crippen LogP contribution in [0.1, 0.15) is 62.0 Å². The monoisotopic (exact) mass is 496 g/mol. The fraction of sp³-hybridized carbons (Fsp3) is 0.423. The number of amides is 2. The summed E-state index contributed by atoms with van der Waals surface area (Å²) in [4.78, 5) is 39.8. The zero-order chi connectivity index (χ0) is 26.0. The van der Waals surface area contributed by atoms with E-state index in [0.717, 1.165) is 18.4 Å². The number of hydrogen-bond acceptors (Lipinski definition) is 6. The van der Waals surface area contributed by atoms with Crippen LogP contribution in [0.4, 0.5) is 0 Å². The van der Waals surface area contributed by atoms with Gasteiger partial charge < -0.3 is 24.7 Å². The van der Waals surface area contributed by atoms with Crippen molar-refractivity contribution in [2.45, 2.75) is 57.7 Å². The summed E-state index contributed by atoms with van der Waals surface area (Å²) in [5.74, 6) is -0.186. The Morgan fingerprint density at radius 2 is 1.94 bits per heavy atom. The van der Waals surface area contributed by atoms with Gasteiger partial charge in [0.2, 0.25) is 5.91 Å². The summed E-state index contributed by atoms with van der Waals surface area (Å²) < 4.78 is 7.61. The molecule has 2 amide bonds. The lowest BCUT2D eigenvalue weighted by Gasteiger charge is -2.21. The lowest BCUT2D eigenvalue weighted by molar-refractivity contribution is -0.129. The van der Waals surface area contributed by atoms with Crippen LogP contribution in [-0.4, -0.2) is 44.3 Å². The largest absolute Gasteiger partial charge is 0.490 e. The molecule has 0 saturated heterocycles. The zero-order valence-corrected chi connectivity index (χ0v) is 20.7. The number of pyridine rings is 1. The number of hydrogen-bond donors (Lipinski definition) is 5. The van der Waals surface area contributed by atoms with E-state index in [2.05, 4.69) is 10.3 Å². The Morgan fingerprint density at radius 3 is 2.61 bits per heavy atom. The van der Waals surface area contributed by atoms with Crippen LogP contribution >= 0.6 is 0 Å². The number of aliphatic hydroxyl groups is 1. The van der Waals surface area contributed by atoms with Gasteiger partial charge in [-0.1, -0.05) is 6.07 Å². The van der Waals surface area contributed by atoms with Crippen LogP contribution in [0.5, 0.6) is 5.75 Å². The van der Waals surface area contributed by atoms with Gasteiger partial charge in [-0.3, -0.25) is 19.6 Å². The van der Waals surface area contributed by atoms with E-state index in [4.69, 9.17) is 9.94 Å². The fourth-order valence-corrected chi connectivity index (χ4v) is 4.02. The SMILES string of the molecule is Cn1cc(-c2cc(C(C)(C)O)ccc2OC2CC2)c2cc(C(=O)NCCCCC(=O)NO)[nH]c2c1=O. The van der Waals surface area contributed by atoms with Crippen LogP contribution in [0.25, 0.3) is 22.0 Å². The predicted molar refractivity (Wildman–Crippen MR) is 134 cm³/mol. The van der Waals surface area contributed by atoms with E-state index in [-0.39, 0.29) is 29.7 Å². The molecule has 10 heteroatoms. The molecule has 1 aromatic carbocycles. The predicted octanol–water partition coefficient (Wildman–Crippen LogP) is 2.71.